The molecule has 0 aliphatic rings. The molecule has 0 atom stereocenters. The summed E-state index contributed by atoms with van der Waals surface area (Å²) in [5, 5.41) is 6.16. The average Bonchev–Trinajstić information content (AvgIpc) is 2.92. The Kier molecular flexibility index (Phi) is 8.41. The van der Waals surface area contributed by atoms with Crippen molar-refractivity contribution in [1.82, 2.24) is 5.43 Å². The molecule has 1 amide bonds. The molecule has 4 aromatic rings. The minimum Gasteiger partial charge on any atom is -0.497 e. The van der Waals surface area contributed by atoms with Crippen molar-refractivity contribution in [2.45, 2.75) is 6.61 Å². The highest BCUT2D eigenvalue weighted by molar-refractivity contribution is 9.10. The molecule has 184 valence electrons. The summed E-state index contributed by atoms with van der Waals surface area (Å²) in [5.41, 5.74) is 4.09. The Bertz CT molecular complexity index is 1390. The van der Waals surface area contributed by atoms with Gasteiger partial charge in [0.2, 0.25) is 0 Å². The lowest BCUT2D eigenvalue weighted by Crippen LogP contribution is -2.24. The number of carbonyl (C=O) groups excluding carboxylic acids is 1. The molecule has 0 spiro atoms. The van der Waals surface area contributed by atoms with Gasteiger partial charge in [0, 0.05) is 5.56 Å². The number of halogens is 1. The van der Waals surface area contributed by atoms with Crippen molar-refractivity contribution >= 4 is 38.8 Å². The van der Waals surface area contributed by atoms with Crippen LogP contribution in [0.5, 0.6) is 23.0 Å². The highest BCUT2D eigenvalue weighted by Crippen LogP contribution is 2.33. The predicted octanol–water partition coefficient (Wildman–Crippen LogP) is 5.73. The molecule has 0 bridgehead atoms. The van der Waals surface area contributed by atoms with Crippen LogP contribution in [0, 0.1) is 0 Å². The van der Waals surface area contributed by atoms with Crippen molar-refractivity contribution in [1.29, 1.82) is 0 Å². The van der Waals surface area contributed by atoms with Crippen LogP contribution in [0.3, 0.4) is 0 Å². The lowest BCUT2D eigenvalue weighted by atomic mass is 10.1. The Labute approximate surface area is 217 Å². The third kappa shape index (κ3) is 6.34. The van der Waals surface area contributed by atoms with Crippen molar-refractivity contribution in [2.24, 2.45) is 5.10 Å². The summed E-state index contributed by atoms with van der Waals surface area (Å²) < 4.78 is 23.1. The Balaban J connectivity index is 1.38. The Morgan fingerprint density at radius 2 is 1.67 bits per heavy atom. The Morgan fingerprint density at radius 1 is 0.889 bits per heavy atom. The predicted molar refractivity (Wildman–Crippen MR) is 143 cm³/mol. The minimum atomic E-state index is -0.395. The summed E-state index contributed by atoms with van der Waals surface area (Å²) in [6, 6.07) is 24.7. The van der Waals surface area contributed by atoms with Gasteiger partial charge in [0.25, 0.3) is 5.91 Å². The van der Waals surface area contributed by atoms with Crippen LogP contribution in [0.15, 0.2) is 88.4 Å². The van der Waals surface area contributed by atoms with Gasteiger partial charge in [0.15, 0.2) is 6.61 Å². The van der Waals surface area contributed by atoms with Gasteiger partial charge in [-0.3, -0.25) is 4.79 Å². The van der Waals surface area contributed by atoms with Gasteiger partial charge < -0.3 is 18.9 Å². The first-order valence-corrected chi connectivity index (χ1v) is 11.9. The molecule has 4 rings (SSSR count). The van der Waals surface area contributed by atoms with Crippen molar-refractivity contribution in [3.8, 4) is 23.0 Å². The topological polar surface area (TPSA) is 78.4 Å². The zero-order valence-electron chi connectivity index (χ0n) is 19.9. The van der Waals surface area contributed by atoms with E-state index in [4.69, 9.17) is 18.9 Å². The Hall–Kier alpha value is -4.04. The highest BCUT2D eigenvalue weighted by Gasteiger charge is 2.09. The minimum absolute atomic E-state index is 0.189. The number of nitrogens with zero attached hydrogens (tertiary/aromatic N) is 1. The average molecular weight is 549 g/mol. The molecule has 1 N–H and O–H groups in total. The summed E-state index contributed by atoms with van der Waals surface area (Å²) in [5.74, 6) is 2.17. The lowest BCUT2D eigenvalue weighted by molar-refractivity contribution is -0.123. The summed E-state index contributed by atoms with van der Waals surface area (Å²) in [7, 11) is 3.20. The van der Waals surface area contributed by atoms with Crippen LogP contribution in [0.2, 0.25) is 0 Å². The van der Waals surface area contributed by atoms with E-state index < -0.39 is 5.91 Å². The number of amides is 1. The van der Waals surface area contributed by atoms with Gasteiger partial charge >= 0.3 is 0 Å². The number of hydrazone groups is 1. The number of hydrogen-bond acceptors (Lipinski definition) is 6. The summed E-state index contributed by atoms with van der Waals surface area (Å²) in [4.78, 5) is 12.3. The molecule has 0 unspecified atom stereocenters. The molecule has 0 saturated heterocycles. The van der Waals surface area contributed by atoms with E-state index in [-0.39, 0.29) is 6.61 Å². The van der Waals surface area contributed by atoms with E-state index in [0.717, 1.165) is 26.6 Å². The second-order valence-corrected chi connectivity index (χ2v) is 8.52. The first-order chi connectivity index (χ1) is 17.6. The second kappa shape index (κ2) is 12.1. The number of ether oxygens (including phenoxy) is 4. The third-order valence-electron chi connectivity index (χ3n) is 5.32. The van der Waals surface area contributed by atoms with Gasteiger partial charge in [0.05, 0.1) is 24.9 Å². The number of fused-ring (bicyclic) bond motifs is 1. The molecule has 4 aromatic carbocycles. The zero-order valence-corrected chi connectivity index (χ0v) is 21.4. The maximum atomic E-state index is 12.3. The maximum Gasteiger partial charge on any atom is 0.277 e. The molecule has 0 saturated carbocycles. The van der Waals surface area contributed by atoms with Crippen LogP contribution in [-0.4, -0.2) is 32.9 Å². The van der Waals surface area contributed by atoms with E-state index in [1.807, 2.05) is 60.7 Å². The van der Waals surface area contributed by atoms with Crippen LogP contribution < -0.4 is 24.4 Å². The van der Waals surface area contributed by atoms with E-state index >= 15 is 0 Å². The number of carbonyl (C=O) groups is 1. The summed E-state index contributed by atoms with van der Waals surface area (Å²) in [6.45, 7) is 0.150. The molecule has 0 aromatic heterocycles. The van der Waals surface area contributed by atoms with Crippen LogP contribution in [0.25, 0.3) is 10.8 Å². The molecule has 36 heavy (non-hydrogen) atoms. The van der Waals surface area contributed by atoms with Gasteiger partial charge in [0.1, 0.15) is 29.6 Å². The normalized spacial score (nSPS) is 10.9. The number of methoxy groups -OCH3 is 2. The fourth-order valence-corrected chi connectivity index (χ4v) is 4.09. The maximum absolute atomic E-state index is 12.3. The SMILES string of the molecule is COc1cccc(COc2ccc(OC)cc2/C=N\NC(=O)COc2ccc3ccccc3c2Br)c1. The summed E-state index contributed by atoms with van der Waals surface area (Å²) >= 11 is 3.56. The van der Waals surface area contributed by atoms with Crippen LogP contribution in [0.4, 0.5) is 0 Å². The van der Waals surface area contributed by atoms with Gasteiger partial charge in [-0.1, -0.05) is 42.5 Å². The number of rotatable bonds is 10. The van der Waals surface area contributed by atoms with Crippen molar-refractivity contribution in [2.75, 3.05) is 20.8 Å². The number of hydrogen-bond donors (Lipinski definition) is 1. The van der Waals surface area contributed by atoms with Crippen molar-refractivity contribution in [3.63, 3.8) is 0 Å². The van der Waals surface area contributed by atoms with Gasteiger partial charge in [-0.25, -0.2) is 5.43 Å². The number of nitrogens with one attached hydrogen (secondary N) is 1. The largest absolute Gasteiger partial charge is 0.497 e. The van der Waals surface area contributed by atoms with Crippen LogP contribution in [0.1, 0.15) is 11.1 Å². The molecule has 7 nitrogen and oxygen atoms in total. The van der Waals surface area contributed by atoms with E-state index in [1.54, 1.807) is 32.4 Å². The molecule has 0 radical (unpaired) electrons. The van der Waals surface area contributed by atoms with Crippen LogP contribution >= 0.6 is 15.9 Å². The van der Waals surface area contributed by atoms with Gasteiger partial charge in [-0.2, -0.15) is 5.10 Å². The van der Waals surface area contributed by atoms with Gasteiger partial charge in [-0.15, -0.1) is 0 Å². The lowest BCUT2D eigenvalue weighted by Gasteiger charge is -2.11. The quantitative estimate of drug-likeness (QED) is 0.202. The fraction of sp³-hybridized carbons (Fsp3) is 0.143. The first-order valence-electron chi connectivity index (χ1n) is 11.1. The zero-order chi connectivity index (χ0) is 25.3. The van der Waals surface area contributed by atoms with E-state index in [1.165, 1.54) is 6.21 Å². The van der Waals surface area contributed by atoms with Crippen molar-refractivity contribution in [3.05, 3.63) is 94.5 Å². The molecule has 0 aliphatic heterocycles. The Morgan fingerprint density at radius 3 is 2.50 bits per heavy atom. The van der Waals surface area contributed by atoms with Crippen LogP contribution in [-0.2, 0) is 11.4 Å². The molecular formula is C28H25BrN2O5. The monoisotopic (exact) mass is 548 g/mol. The van der Waals surface area contributed by atoms with E-state index in [9.17, 15) is 4.79 Å². The summed E-state index contributed by atoms with van der Waals surface area (Å²) in [6.07, 6.45) is 1.51. The molecule has 0 fully saturated rings. The standard InChI is InChI=1S/C28H25BrN2O5/c1-33-22-8-5-6-19(14-22)17-35-25-13-11-23(34-2)15-21(25)16-30-31-27(32)18-36-26-12-10-20-7-3-4-9-24(20)28(26)29/h3-16H,17-18H2,1-2H3,(H,31,32)/b30-16-. The first kappa shape index (κ1) is 25.1. The number of benzene rings is 4. The molecular weight excluding hydrogens is 524 g/mol. The fourth-order valence-electron chi connectivity index (χ4n) is 3.48. The smallest absolute Gasteiger partial charge is 0.277 e. The molecule has 0 aliphatic carbocycles. The third-order valence-corrected chi connectivity index (χ3v) is 6.14. The van der Waals surface area contributed by atoms with E-state index in [0.29, 0.717) is 29.4 Å². The molecule has 0 heterocycles. The highest BCUT2D eigenvalue weighted by atomic mass is 79.9. The van der Waals surface area contributed by atoms with E-state index in [2.05, 4.69) is 26.5 Å². The molecule has 8 heteroatoms. The van der Waals surface area contributed by atoms with Gasteiger partial charge in [-0.05, 0) is 68.7 Å². The second-order valence-electron chi connectivity index (χ2n) is 7.72. The van der Waals surface area contributed by atoms with Crippen molar-refractivity contribution < 1.29 is 23.7 Å².